The summed E-state index contributed by atoms with van der Waals surface area (Å²) < 4.78 is 0. The van der Waals surface area contributed by atoms with Crippen LogP contribution < -0.4 is 5.32 Å². The van der Waals surface area contributed by atoms with E-state index in [1.54, 1.807) is 0 Å². The molecule has 112 valence electrons. The minimum absolute atomic E-state index is 0.769. The molecular formula is C16H26ClN3. The van der Waals surface area contributed by atoms with E-state index < -0.39 is 0 Å². The Bertz CT molecular complexity index is 416. The third-order valence-corrected chi connectivity index (χ3v) is 4.28. The van der Waals surface area contributed by atoms with Crippen LogP contribution in [-0.2, 0) is 6.54 Å². The Morgan fingerprint density at radius 2 is 2.10 bits per heavy atom. The number of hydrogen-bond donors (Lipinski definition) is 1. The first-order valence-electron chi connectivity index (χ1n) is 7.77. The fourth-order valence-corrected chi connectivity index (χ4v) is 3.07. The van der Waals surface area contributed by atoms with Crippen LogP contribution in [0.1, 0.15) is 44.7 Å². The molecule has 0 atom stereocenters. The predicted molar refractivity (Wildman–Crippen MR) is 86.3 cm³/mol. The van der Waals surface area contributed by atoms with Crippen molar-refractivity contribution < 1.29 is 0 Å². The monoisotopic (exact) mass is 295 g/mol. The number of aromatic nitrogens is 1. The molecule has 1 aromatic rings. The van der Waals surface area contributed by atoms with Crippen LogP contribution in [0.25, 0.3) is 0 Å². The summed E-state index contributed by atoms with van der Waals surface area (Å²) in [4.78, 5) is 6.99. The van der Waals surface area contributed by atoms with E-state index in [1.807, 2.05) is 12.1 Å². The summed E-state index contributed by atoms with van der Waals surface area (Å²) in [5, 5.41) is 4.09. The van der Waals surface area contributed by atoms with Crippen molar-refractivity contribution in [1.29, 1.82) is 0 Å². The van der Waals surface area contributed by atoms with Crippen molar-refractivity contribution in [2.24, 2.45) is 5.92 Å². The lowest BCUT2D eigenvalue weighted by Gasteiger charge is -2.21. The minimum atomic E-state index is 0.769. The molecule has 3 nitrogen and oxygen atoms in total. The Kier molecular flexibility index (Phi) is 6.11. The quantitative estimate of drug-likeness (QED) is 0.818. The van der Waals surface area contributed by atoms with Crippen LogP contribution >= 0.6 is 11.6 Å². The fourth-order valence-electron chi connectivity index (χ4n) is 2.90. The lowest BCUT2D eigenvalue weighted by Crippen LogP contribution is -2.24. The van der Waals surface area contributed by atoms with E-state index in [-0.39, 0.29) is 0 Å². The third-order valence-electron chi connectivity index (χ3n) is 3.94. The van der Waals surface area contributed by atoms with Gasteiger partial charge >= 0.3 is 0 Å². The molecule has 20 heavy (non-hydrogen) atoms. The van der Waals surface area contributed by atoms with E-state index in [2.05, 4.69) is 29.2 Å². The molecule has 1 aliphatic carbocycles. The molecule has 1 aromatic heterocycles. The normalized spacial score (nSPS) is 16.0. The van der Waals surface area contributed by atoms with Gasteiger partial charge in [-0.05, 0) is 44.4 Å². The van der Waals surface area contributed by atoms with Crippen LogP contribution in [0.3, 0.4) is 0 Å². The second kappa shape index (κ2) is 7.84. The topological polar surface area (TPSA) is 28.2 Å². The molecule has 4 heteroatoms. The van der Waals surface area contributed by atoms with Crippen molar-refractivity contribution in [3.05, 3.63) is 22.8 Å². The van der Waals surface area contributed by atoms with Gasteiger partial charge in [-0.1, -0.05) is 31.4 Å². The summed E-state index contributed by atoms with van der Waals surface area (Å²) in [5.74, 6) is 1.79. The van der Waals surface area contributed by atoms with Gasteiger partial charge in [0, 0.05) is 19.6 Å². The van der Waals surface area contributed by atoms with Crippen molar-refractivity contribution in [3.63, 3.8) is 0 Å². The Morgan fingerprint density at radius 1 is 1.35 bits per heavy atom. The van der Waals surface area contributed by atoms with E-state index in [1.165, 1.54) is 25.7 Å². The molecule has 2 rings (SSSR count). The molecular weight excluding hydrogens is 270 g/mol. The molecule has 0 radical (unpaired) electrons. The molecule has 0 unspecified atom stereocenters. The average Bonchev–Trinajstić information content (AvgIpc) is 2.92. The second-order valence-electron chi connectivity index (χ2n) is 5.90. The summed E-state index contributed by atoms with van der Waals surface area (Å²) in [6.07, 6.45) is 6.65. The van der Waals surface area contributed by atoms with Crippen LogP contribution in [0.5, 0.6) is 0 Å². The van der Waals surface area contributed by atoms with Crippen LogP contribution in [0.15, 0.2) is 12.1 Å². The van der Waals surface area contributed by atoms with E-state index in [4.69, 9.17) is 11.6 Å². The second-order valence-corrected chi connectivity index (χ2v) is 6.31. The fraction of sp³-hybridized carbons (Fsp3) is 0.688. The highest BCUT2D eigenvalue weighted by molar-refractivity contribution is 6.31. The van der Waals surface area contributed by atoms with Crippen molar-refractivity contribution in [2.75, 3.05) is 25.5 Å². The van der Waals surface area contributed by atoms with Crippen LogP contribution in [0.2, 0.25) is 5.02 Å². The molecule has 0 aromatic carbocycles. The Morgan fingerprint density at radius 3 is 2.80 bits per heavy atom. The van der Waals surface area contributed by atoms with Crippen LogP contribution in [0, 0.1) is 5.92 Å². The van der Waals surface area contributed by atoms with Crippen molar-refractivity contribution >= 4 is 17.4 Å². The number of rotatable bonds is 7. The standard InChI is InChI=1S/C16H26ClN3/c1-3-10-18-16-9-8-14(17)15(19-16)12-20(2)11-13-6-4-5-7-13/h8-9,13H,3-7,10-12H2,1-2H3,(H,18,19). The van der Waals surface area contributed by atoms with Crippen LogP contribution in [0.4, 0.5) is 5.82 Å². The first-order chi connectivity index (χ1) is 9.69. The third kappa shape index (κ3) is 4.64. The summed E-state index contributed by atoms with van der Waals surface area (Å²) in [7, 11) is 2.17. The molecule has 1 saturated carbocycles. The maximum atomic E-state index is 6.27. The predicted octanol–water partition coefficient (Wildman–Crippen LogP) is 4.18. The maximum Gasteiger partial charge on any atom is 0.126 e. The molecule has 0 amide bonds. The number of anilines is 1. The molecule has 1 fully saturated rings. The number of nitrogens with zero attached hydrogens (tertiary/aromatic N) is 2. The molecule has 1 aliphatic rings. The van der Waals surface area contributed by atoms with Gasteiger partial charge in [0.25, 0.3) is 0 Å². The molecule has 0 saturated heterocycles. The van der Waals surface area contributed by atoms with E-state index in [9.17, 15) is 0 Å². The molecule has 1 N–H and O–H groups in total. The van der Waals surface area contributed by atoms with Gasteiger partial charge in [0.1, 0.15) is 5.82 Å². The summed E-state index contributed by atoms with van der Waals surface area (Å²) >= 11 is 6.27. The zero-order valence-electron chi connectivity index (χ0n) is 12.7. The molecule has 0 spiro atoms. The first kappa shape index (κ1) is 15.6. The lowest BCUT2D eigenvalue weighted by molar-refractivity contribution is 0.268. The first-order valence-corrected chi connectivity index (χ1v) is 8.14. The lowest BCUT2D eigenvalue weighted by atomic mass is 10.1. The SMILES string of the molecule is CCCNc1ccc(Cl)c(CN(C)CC2CCCC2)n1. The zero-order chi connectivity index (χ0) is 14.4. The van der Waals surface area contributed by atoms with E-state index >= 15 is 0 Å². The summed E-state index contributed by atoms with van der Waals surface area (Å²) in [6, 6.07) is 3.91. The molecule has 0 aliphatic heterocycles. The number of nitrogens with one attached hydrogen (secondary N) is 1. The summed E-state index contributed by atoms with van der Waals surface area (Å²) in [5.41, 5.74) is 0.980. The van der Waals surface area contributed by atoms with E-state index in [0.29, 0.717) is 0 Å². The Hall–Kier alpha value is -0.800. The summed E-state index contributed by atoms with van der Waals surface area (Å²) in [6.45, 7) is 5.09. The highest BCUT2D eigenvalue weighted by atomic mass is 35.5. The van der Waals surface area contributed by atoms with Gasteiger partial charge in [-0.15, -0.1) is 0 Å². The van der Waals surface area contributed by atoms with Crippen molar-refractivity contribution in [2.45, 2.75) is 45.6 Å². The maximum absolute atomic E-state index is 6.27. The smallest absolute Gasteiger partial charge is 0.126 e. The number of pyridine rings is 1. The van der Waals surface area contributed by atoms with Crippen LogP contribution in [-0.4, -0.2) is 30.0 Å². The largest absolute Gasteiger partial charge is 0.370 e. The highest BCUT2D eigenvalue weighted by Gasteiger charge is 2.17. The van der Waals surface area contributed by atoms with Crippen molar-refractivity contribution in [1.82, 2.24) is 9.88 Å². The van der Waals surface area contributed by atoms with Gasteiger partial charge in [-0.25, -0.2) is 4.98 Å². The number of halogens is 1. The average molecular weight is 296 g/mol. The van der Waals surface area contributed by atoms with Gasteiger partial charge in [-0.2, -0.15) is 0 Å². The number of hydrogen-bond acceptors (Lipinski definition) is 3. The van der Waals surface area contributed by atoms with Gasteiger partial charge in [0.15, 0.2) is 0 Å². The minimum Gasteiger partial charge on any atom is -0.370 e. The van der Waals surface area contributed by atoms with Gasteiger partial charge in [0.05, 0.1) is 10.7 Å². The van der Waals surface area contributed by atoms with Crippen molar-refractivity contribution in [3.8, 4) is 0 Å². The molecule has 0 bridgehead atoms. The Labute approximate surface area is 127 Å². The van der Waals surface area contributed by atoms with Gasteiger partial charge < -0.3 is 10.2 Å². The van der Waals surface area contributed by atoms with E-state index in [0.717, 1.165) is 48.5 Å². The molecule has 1 heterocycles. The van der Waals surface area contributed by atoms with Gasteiger partial charge in [0.2, 0.25) is 0 Å². The highest BCUT2D eigenvalue weighted by Crippen LogP contribution is 2.26. The zero-order valence-corrected chi connectivity index (χ0v) is 13.4. The van der Waals surface area contributed by atoms with Gasteiger partial charge in [-0.3, -0.25) is 0 Å². The Balaban J connectivity index is 1.92.